The normalized spacial score (nSPS) is 11.1. The second kappa shape index (κ2) is 12.9. The first-order valence-corrected chi connectivity index (χ1v) is 13.5. The summed E-state index contributed by atoms with van der Waals surface area (Å²) in [4.78, 5) is 40.1. The summed E-state index contributed by atoms with van der Waals surface area (Å²) >= 11 is 0. The molecule has 200 valence electrons. The topological polar surface area (TPSA) is 143 Å². The number of benzene rings is 2. The molecule has 3 rings (SSSR count). The Kier molecular flexibility index (Phi) is 9.66. The quantitative estimate of drug-likeness (QED) is 0.297. The molecule has 1 heterocycles. The minimum absolute atomic E-state index is 0.0813. The molecule has 0 fully saturated rings. The van der Waals surface area contributed by atoms with Crippen molar-refractivity contribution in [3.05, 3.63) is 94.6 Å². The molecule has 0 bridgehead atoms. The fraction of sp³-hybridized carbons (Fsp3) is 0.259. The van der Waals surface area contributed by atoms with Crippen molar-refractivity contribution in [1.29, 1.82) is 0 Å². The lowest BCUT2D eigenvalue weighted by atomic mass is 10.0. The van der Waals surface area contributed by atoms with E-state index < -0.39 is 27.8 Å². The second-order valence-corrected chi connectivity index (χ2v) is 10.3. The van der Waals surface area contributed by atoms with E-state index in [9.17, 15) is 32.3 Å². The predicted molar refractivity (Wildman–Crippen MR) is 138 cm³/mol. The van der Waals surface area contributed by atoms with Crippen LogP contribution in [0.3, 0.4) is 0 Å². The molecule has 9 nitrogen and oxygen atoms in total. The van der Waals surface area contributed by atoms with Gasteiger partial charge in [0.2, 0.25) is 0 Å². The van der Waals surface area contributed by atoms with Gasteiger partial charge in [-0.3, -0.25) is 9.59 Å². The molecule has 38 heavy (non-hydrogen) atoms. The molecule has 0 aliphatic rings. The number of nitrogens with zero attached hydrogens (tertiary/aromatic N) is 1. The van der Waals surface area contributed by atoms with Gasteiger partial charge in [-0.25, -0.2) is 27.3 Å². The van der Waals surface area contributed by atoms with Gasteiger partial charge in [-0.15, -0.1) is 0 Å². The number of carboxylic acid groups (broad SMARTS) is 1. The number of aromatic nitrogens is 1. The average molecular weight is 542 g/mol. The van der Waals surface area contributed by atoms with Crippen molar-refractivity contribution in [2.45, 2.75) is 43.9 Å². The number of sulfonamides is 1. The summed E-state index contributed by atoms with van der Waals surface area (Å²) in [6.45, 7) is 2.30. The van der Waals surface area contributed by atoms with Gasteiger partial charge in [0.05, 0.1) is 10.5 Å². The summed E-state index contributed by atoms with van der Waals surface area (Å²) < 4.78 is 40.4. The van der Waals surface area contributed by atoms with Gasteiger partial charge in [0, 0.05) is 18.3 Å². The van der Waals surface area contributed by atoms with Crippen molar-refractivity contribution in [1.82, 2.24) is 15.0 Å². The third-order valence-corrected chi connectivity index (χ3v) is 7.09. The Morgan fingerprint density at radius 1 is 0.921 bits per heavy atom. The largest absolute Gasteiger partial charge is 0.477 e. The first-order chi connectivity index (χ1) is 18.1. The second-order valence-electron chi connectivity index (χ2n) is 8.59. The van der Waals surface area contributed by atoms with Crippen LogP contribution < -0.4 is 10.0 Å². The van der Waals surface area contributed by atoms with Crippen LogP contribution in [0.4, 0.5) is 4.39 Å². The lowest BCUT2D eigenvalue weighted by Crippen LogP contribution is -2.31. The summed E-state index contributed by atoms with van der Waals surface area (Å²) in [5.41, 5.74) is 1.17. The molecule has 0 atom stereocenters. The van der Waals surface area contributed by atoms with Gasteiger partial charge in [0.25, 0.3) is 21.8 Å². The smallest absolute Gasteiger partial charge is 0.354 e. The molecule has 1 aromatic heterocycles. The SMILES string of the molecule is CCCCCc1cc(C(=O)NS(=O)(=O)c2ccc(C(=O)NCCc3ccc(F)cc3)cc2)cnc1C(=O)O. The number of aromatic carboxylic acids is 1. The molecule has 0 aliphatic carbocycles. The van der Waals surface area contributed by atoms with Crippen LogP contribution in [0.25, 0.3) is 0 Å². The summed E-state index contributed by atoms with van der Waals surface area (Å²) in [6.07, 6.45) is 4.40. The molecule has 0 aliphatic heterocycles. The minimum Gasteiger partial charge on any atom is -0.477 e. The van der Waals surface area contributed by atoms with Gasteiger partial charge >= 0.3 is 5.97 Å². The molecule has 0 radical (unpaired) electrons. The third-order valence-electron chi connectivity index (χ3n) is 5.75. The minimum atomic E-state index is -4.27. The molecule has 11 heteroatoms. The van der Waals surface area contributed by atoms with Crippen LogP contribution in [-0.2, 0) is 22.9 Å². The lowest BCUT2D eigenvalue weighted by Gasteiger charge is -2.10. The van der Waals surface area contributed by atoms with Crippen LogP contribution >= 0.6 is 0 Å². The molecular formula is C27H28FN3O6S. The van der Waals surface area contributed by atoms with E-state index in [0.29, 0.717) is 31.4 Å². The zero-order valence-electron chi connectivity index (χ0n) is 20.7. The van der Waals surface area contributed by atoms with Gasteiger partial charge in [-0.2, -0.15) is 0 Å². The number of carbonyl (C=O) groups excluding carboxylic acids is 2. The Hall–Kier alpha value is -4.12. The first kappa shape index (κ1) is 28.5. The van der Waals surface area contributed by atoms with Crippen molar-refractivity contribution in [2.75, 3.05) is 6.54 Å². The van der Waals surface area contributed by atoms with Crippen molar-refractivity contribution in [2.24, 2.45) is 0 Å². The maximum Gasteiger partial charge on any atom is 0.354 e. The van der Waals surface area contributed by atoms with Crippen molar-refractivity contribution >= 4 is 27.8 Å². The third kappa shape index (κ3) is 7.69. The first-order valence-electron chi connectivity index (χ1n) is 12.0. The Morgan fingerprint density at radius 2 is 1.61 bits per heavy atom. The molecule has 3 aromatic rings. The van der Waals surface area contributed by atoms with Crippen molar-refractivity contribution in [3.63, 3.8) is 0 Å². The molecule has 2 amide bonds. The van der Waals surface area contributed by atoms with Crippen LogP contribution in [0.15, 0.2) is 65.7 Å². The van der Waals surface area contributed by atoms with Crippen LogP contribution in [-0.4, -0.2) is 42.8 Å². The molecule has 0 saturated carbocycles. The van der Waals surface area contributed by atoms with Gasteiger partial charge in [0.15, 0.2) is 5.69 Å². The Morgan fingerprint density at radius 3 is 2.24 bits per heavy atom. The van der Waals surface area contributed by atoms with E-state index in [0.717, 1.165) is 24.6 Å². The predicted octanol–water partition coefficient (Wildman–Crippen LogP) is 3.74. The van der Waals surface area contributed by atoms with E-state index in [1.54, 1.807) is 12.1 Å². The number of amides is 2. The van der Waals surface area contributed by atoms with E-state index in [1.165, 1.54) is 42.5 Å². The molecule has 3 N–H and O–H groups in total. The number of aryl methyl sites for hydroxylation is 1. The lowest BCUT2D eigenvalue weighted by molar-refractivity contribution is 0.0688. The number of carbonyl (C=O) groups is 3. The van der Waals surface area contributed by atoms with Gasteiger partial charge in [-0.05, 0) is 72.9 Å². The molecule has 0 spiro atoms. The number of halogens is 1. The Labute approximate surface area is 220 Å². The molecular weight excluding hydrogens is 513 g/mol. The van der Waals surface area contributed by atoms with Crippen molar-refractivity contribution in [3.8, 4) is 0 Å². The Balaban J connectivity index is 1.64. The highest BCUT2D eigenvalue weighted by atomic mass is 32.2. The van der Waals surface area contributed by atoms with E-state index in [2.05, 4.69) is 10.3 Å². The number of unbranched alkanes of at least 4 members (excludes halogenated alkanes) is 2. The number of pyridine rings is 1. The van der Waals surface area contributed by atoms with E-state index in [-0.39, 0.29) is 27.5 Å². The Bertz CT molecular complexity index is 1410. The zero-order chi connectivity index (χ0) is 27.7. The highest BCUT2D eigenvalue weighted by Gasteiger charge is 2.21. The average Bonchev–Trinajstić information content (AvgIpc) is 2.89. The van der Waals surface area contributed by atoms with E-state index in [1.807, 2.05) is 11.6 Å². The van der Waals surface area contributed by atoms with E-state index in [4.69, 9.17) is 0 Å². The standard InChI is InChI=1S/C27H28FN3O6S/c1-2-3-4-5-20-16-21(17-30-24(20)27(34)35)26(33)31-38(36,37)23-12-8-19(9-13-23)25(32)29-15-14-18-6-10-22(28)11-7-18/h6-13,16-17H,2-5,14-15H2,1H3,(H,29,32)(H,31,33)(H,34,35). The summed E-state index contributed by atoms with van der Waals surface area (Å²) in [5, 5.41) is 12.1. The maximum atomic E-state index is 13.0. The zero-order valence-corrected chi connectivity index (χ0v) is 21.6. The number of carboxylic acids is 1. The molecule has 0 unspecified atom stereocenters. The number of hydrogen-bond donors (Lipinski definition) is 3. The van der Waals surface area contributed by atoms with Crippen LogP contribution in [0.2, 0.25) is 0 Å². The summed E-state index contributed by atoms with van der Waals surface area (Å²) in [6, 6.07) is 12.3. The summed E-state index contributed by atoms with van der Waals surface area (Å²) in [5.74, 6) is -2.94. The monoisotopic (exact) mass is 541 g/mol. The van der Waals surface area contributed by atoms with Gasteiger partial charge in [0.1, 0.15) is 5.82 Å². The molecule has 0 saturated heterocycles. The molecule has 2 aromatic carbocycles. The fourth-order valence-corrected chi connectivity index (χ4v) is 4.66. The fourth-order valence-electron chi connectivity index (χ4n) is 3.68. The summed E-state index contributed by atoms with van der Waals surface area (Å²) in [7, 11) is -4.27. The maximum absolute atomic E-state index is 13.0. The number of nitrogens with one attached hydrogen (secondary N) is 2. The van der Waals surface area contributed by atoms with Crippen LogP contribution in [0, 0.1) is 5.82 Å². The highest BCUT2D eigenvalue weighted by Crippen LogP contribution is 2.16. The highest BCUT2D eigenvalue weighted by molar-refractivity contribution is 7.90. The number of rotatable bonds is 12. The van der Waals surface area contributed by atoms with Gasteiger partial charge < -0.3 is 10.4 Å². The van der Waals surface area contributed by atoms with Crippen LogP contribution in [0.1, 0.15) is 68.5 Å². The van der Waals surface area contributed by atoms with E-state index >= 15 is 0 Å². The van der Waals surface area contributed by atoms with Crippen LogP contribution in [0.5, 0.6) is 0 Å². The number of hydrogen-bond acceptors (Lipinski definition) is 6. The van der Waals surface area contributed by atoms with Crippen molar-refractivity contribution < 1.29 is 32.3 Å². The van der Waals surface area contributed by atoms with Gasteiger partial charge in [-0.1, -0.05) is 31.9 Å².